The second-order valence-electron chi connectivity index (χ2n) is 5.30. The lowest BCUT2D eigenvalue weighted by molar-refractivity contribution is -0.307. The lowest BCUT2D eigenvalue weighted by Crippen LogP contribution is -2.31. The smallest absolute Gasteiger partial charge is 0.224 e. The van der Waals surface area contributed by atoms with Gasteiger partial charge in [0.05, 0.1) is 0 Å². The first kappa shape index (κ1) is 14.2. The maximum absolute atomic E-state index is 11.8. The number of carboxylic acids is 1. The zero-order valence-electron chi connectivity index (χ0n) is 10.9. The van der Waals surface area contributed by atoms with Crippen LogP contribution in [0, 0.1) is 12.3 Å². The summed E-state index contributed by atoms with van der Waals surface area (Å²) in [5.74, 6) is -1.33. The Hall–Kier alpha value is -1.84. The quantitative estimate of drug-likeness (QED) is 0.858. The van der Waals surface area contributed by atoms with E-state index >= 15 is 0 Å². The van der Waals surface area contributed by atoms with Crippen molar-refractivity contribution in [2.45, 2.75) is 33.6 Å². The molecule has 4 heteroatoms. The fourth-order valence-corrected chi connectivity index (χ4v) is 1.73. The average molecular weight is 248 g/mol. The molecule has 1 aromatic rings. The Kier molecular flexibility index (Phi) is 4.48. The summed E-state index contributed by atoms with van der Waals surface area (Å²) in [4.78, 5) is 22.3. The highest BCUT2D eigenvalue weighted by molar-refractivity contribution is 5.91. The highest BCUT2D eigenvalue weighted by Crippen LogP contribution is 2.25. The molecule has 0 aliphatic rings. The van der Waals surface area contributed by atoms with Crippen LogP contribution in [0.4, 0.5) is 5.69 Å². The number of aliphatic carboxylic acids is 1. The summed E-state index contributed by atoms with van der Waals surface area (Å²) in [6.45, 7) is 5.43. The van der Waals surface area contributed by atoms with E-state index in [9.17, 15) is 14.7 Å². The number of carbonyl (C=O) groups is 2. The lowest BCUT2D eigenvalue weighted by atomic mass is 9.85. The number of hydrogen-bond acceptors (Lipinski definition) is 3. The maximum Gasteiger partial charge on any atom is 0.224 e. The first-order valence-corrected chi connectivity index (χ1v) is 5.85. The molecule has 0 aliphatic heterocycles. The topological polar surface area (TPSA) is 69.2 Å². The van der Waals surface area contributed by atoms with E-state index < -0.39 is 11.4 Å². The molecule has 4 nitrogen and oxygen atoms in total. The molecule has 0 unspecified atom stereocenters. The lowest BCUT2D eigenvalue weighted by Gasteiger charge is -2.24. The van der Waals surface area contributed by atoms with Crippen molar-refractivity contribution >= 4 is 17.6 Å². The van der Waals surface area contributed by atoms with Gasteiger partial charge in [-0.2, -0.15) is 0 Å². The minimum atomic E-state index is -1.14. The van der Waals surface area contributed by atoms with Crippen LogP contribution in [0.3, 0.4) is 0 Å². The molecule has 0 radical (unpaired) electrons. The van der Waals surface area contributed by atoms with Crippen LogP contribution in [0.5, 0.6) is 0 Å². The van der Waals surface area contributed by atoms with E-state index in [2.05, 4.69) is 5.32 Å². The molecule has 1 aromatic carbocycles. The number of carboxylic acid groups (broad SMARTS) is 1. The van der Waals surface area contributed by atoms with Crippen LogP contribution < -0.4 is 10.4 Å². The molecule has 18 heavy (non-hydrogen) atoms. The number of benzene rings is 1. The molecule has 0 saturated carbocycles. The molecule has 0 spiro atoms. The van der Waals surface area contributed by atoms with Gasteiger partial charge in [0.25, 0.3) is 0 Å². The summed E-state index contributed by atoms with van der Waals surface area (Å²) in [6.07, 6.45) is 0.0170. The van der Waals surface area contributed by atoms with E-state index in [-0.39, 0.29) is 18.7 Å². The van der Waals surface area contributed by atoms with Crippen molar-refractivity contribution in [3.8, 4) is 0 Å². The van der Waals surface area contributed by atoms with Crippen LogP contribution in [-0.4, -0.2) is 11.9 Å². The predicted octanol–water partition coefficient (Wildman–Crippen LogP) is 1.49. The van der Waals surface area contributed by atoms with Gasteiger partial charge in [0.15, 0.2) is 0 Å². The Morgan fingerprint density at radius 1 is 1.17 bits per heavy atom. The van der Waals surface area contributed by atoms with Gasteiger partial charge in [-0.25, -0.2) is 0 Å². The van der Waals surface area contributed by atoms with Gasteiger partial charge in [-0.1, -0.05) is 31.5 Å². The second kappa shape index (κ2) is 5.67. The monoisotopic (exact) mass is 248 g/mol. The van der Waals surface area contributed by atoms with E-state index in [0.717, 1.165) is 11.3 Å². The van der Waals surface area contributed by atoms with Gasteiger partial charge in [0, 0.05) is 18.1 Å². The van der Waals surface area contributed by atoms with Gasteiger partial charge in [-0.3, -0.25) is 4.79 Å². The van der Waals surface area contributed by atoms with Gasteiger partial charge in [0.2, 0.25) is 5.91 Å². The largest absolute Gasteiger partial charge is 0.550 e. The summed E-state index contributed by atoms with van der Waals surface area (Å²) in [6, 6.07) is 7.45. The standard InChI is InChI=1S/C14H19NO3/c1-10-4-6-11(7-5-10)15-12(16)8-14(2,3)9-13(17)18/h4-7H,8-9H2,1-3H3,(H,15,16)(H,17,18)/p-1. The number of hydrogen-bond donors (Lipinski definition) is 1. The normalized spacial score (nSPS) is 11.1. The van der Waals surface area contributed by atoms with E-state index in [1.165, 1.54) is 0 Å². The summed E-state index contributed by atoms with van der Waals surface area (Å²) in [5.41, 5.74) is 1.23. The molecule has 0 aromatic heterocycles. The minimum Gasteiger partial charge on any atom is -0.550 e. The number of aryl methyl sites for hydroxylation is 1. The van der Waals surface area contributed by atoms with Crippen LogP contribution in [0.25, 0.3) is 0 Å². The van der Waals surface area contributed by atoms with Crippen LogP contribution in [0.15, 0.2) is 24.3 Å². The van der Waals surface area contributed by atoms with Crippen molar-refractivity contribution in [3.05, 3.63) is 29.8 Å². The molecule has 0 saturated heterocycles. The molecule has 1 rings (SSSR count). The van der Waals surface area contributed by atoms with Crippen LogP contribution in [0.1, 0.15) is 32.3 Å². The molecule has 0 aliphatic carbocycles. The third-order valence-electron chi connectivity index (χ3n) is 2.60. The molecule has 0 atom stereocenters. The van der Waals surface area contributed by atoms with Gasteiger partial charge >= 0.3 is 0 Å². The second-order valence-corrected chi connectivity index (χ2v) is 5.30. The summed E-state index contributed by atoms with van der Waals surface area (Å²) in [5, 5.41) is 13.3. The van der Waals surface area contributed by atoms with E-state index in [4.69, 9.17) is 0 Å². The molecular weight excluding hydrogens is 230 g/mol. The molecule has 0 heterocycles. The van der Waals surface area contributed by atoms with Gasteiger partial charge < -0.3 is 15.2 Å². The van der Waals surface area contributed by atoms with Crippen LogP contribution >= 0.6 is 0 Å². The SMILES string of the molecule is Cc1ccc(NC(=O)CC(C)(C)CC(=O)[O-])cc1. The third kappa shape index (κ3) is 4.99. The van der Waals surface area contributed by atoms with Crippen molar-refractivity contribution in [2.75, 3.05) is 5.32 Å². The molecule has 1 N–H and O–H groups in total. The first-order valence-electron chi connectivity index (χ1n) is 5.85. The Bertz CT molecular complexity index is 435. The highest BCUT2D eigenvalue weighted by atomic mass is 16.4. The number of rotatable bonds is 5. The summed E-state index contributed by atoms with van der Waals surface area (Å²) in [7, 11) is 0. The van der Waals surface area contributed by atoms with Crippen LogP contribution in [0.2, 0.25) is 0 Å². The Morgan fingerprint density at radius 3 is 2.22 bits per heavy atom. The van der Waals surface area contributed by atoms with Crippen molar-refractivity contribution in [3.63, 3.8) is 0 Å². The third-order valence-corrected chi connectivity index (χ3v) is 2.60. The van der Waals surface area contributed by atoms with Gasteiger partial charge in [-0.15, -0.1) is 0 Å². The number of carbonyl (C=O) groups excluding carboxylic acids is 2. The minimum absolute atomic E-state index is 0.131. The molecule has 0 bridgehead atoms. The van der Waals surface area contributed by atoms with E-state index in [1.807, 2.05) is 31.2 Å². The molecular formula is C14H18NO3-. The Labute approximate surface area is 107 Å². The predicted molar refractivity (Wildman–Crippen MR) is 67.8 cm³/mol. The first-order chi connectivity index (χ1) is 8.28. The fraction of sp³-hybridized carbons (Fsp3) is 0.429. The molecule has 0 fully saturated rings. The highest BCUT2D eigenvalue weighted by Gasteiger charge is 2.22. The summed E-state index contributed by atoms with van der Waals surface area (Å²) >= 11 is 0. The van der Waals surface area contributed by atoms with Crippen molar-refractivity contribution in [1.82, 2.24) is 0 Å². The number of anilines is 1. The van der Waals surface area contributed by atoms with E-state index in [0.29, 0.717) is 0 Å². The molecule has 98 valence electrons. The van der Waals surface area contributed by atoms with E-state index in [1.54, 1.807) is 13.8 Å². The summed E-state index contributed by atoms with van der Waals surface area (Å²) < 4.78 is 0. The van der Waals surface area contributed by atoms with Crippen LogP contribution in [-0.2, 0) is 9.59 Å². The maximum atomic E-state index is 11.8. The molecule has 1 amide bonds. The average Bonchev–Trinajstić information content (AvgIpc) is 2.18. The fourth-order valence-electron chi connectivity index (χ4n) is 1.73. The number of amides is 1. The van der Waals surface area contributed by atoms with Crippen molar-refractivity contribution < 1.29 is 14.7 Å². The van der Waals surface area contributed by atoms with Crippen molar-refractivity contribution in [2.24, 2.45) is 5.41 Å². The zero-order chi connectivity index (χ0) is 13.8. The number of nitrogens with one attached hydrogen (secondary N) is 1. The van der Waals surface area contributed by atoms with Crippen molar-refractivity contribution in [1.29, 1.82) is 0 Å². The zero-order valence-corrected chi connectivity index (χ0v) is 10.9. The van der Waals surface area contributed by atoms with Gasteiger partial charge in [-0.05, 0) is 30.9 Å². The Balaban J connectivity index is 2.56. The van der Waals surface area contributed by atoms with Gasteiger partial charge in [0.1, 0.15) is 0 Å². The Morgan fingerprint density at radius 2 is 1.72 bits per heavy atom.